The molecule has 2 aromatic rings. The highest BCUT2D eigenvalue weighted by Gasteiger charge is 2.27. The molecule has 0 aromatic heterocycles. The highest BCUT2D eigenvalue weighted by Crippen LogP contribution is 2.36. The lowest BCUT2D eigenvalue weighted by Gasteiger charge is -2.11. The molecule has 0 fully saturated rings. The molecule has 20 heavy (non-hydrogen) atoms. The van der Waals surface area contributed by atoms with Gasteiger partial charge in [-0.05, 0) is 18.2 Å². The van der Waals surface area contributed by atoms with Crippen molar-refractivity contribution in [3.05, 3.63) is 56.8 Å². The van der Waals surface area contributed by atoms with Gasteiger partial charge in [0.25, 0.3) is 0 Å². The van der Waals surface area contributed by atoms with Gasteiger partial charge in [0.05, 0.1) is 5.02 Å². The number of ether oxygens (including phenoxy) is 1. The van der Waals surface area contributed by atoms with Crippen LogP contribution in [0.15, 0.2) is 22.7 Å². The molecule has 0 N–H and O–H groups in total. The Morgan fingerprint density at radius 1 is 0.850 bits per heavy atom. The van der Waals surface area contributed by atoms with Gasteiger partial charge in [-0.25, -0.2) is 13.2 Å². The average Bonchev–Trinajstić information content (AvgIpc) is 2.43. The Balaban J connectivity index is 2.57. The van der Waals surface area contributed by atoms with E-state index in [1.807, 2.05) is 0 Å². The highest BCUT2D eigenvalue weighted by atomic mass is 79.9. The summed E-state index contributed by atoms with van der Waals surface area (Å²) in [7, 11) is 0. The van der Waals surface area contributed by atoms with E-state index >= 15 is 0 Å². The van der Waals surface area contributed by atoms with E-state index in [4.69, 9.17) is 16.3 Å². The molecule has 0 radical (unpaired) electrons. The van der Waals surface area contributed by atoms with Gasteiger partial charge in [0.1, 0.15) is 5.75 Å². The molecule has 106 valence electrons. The minimum absolute atomic E-state index is 0.0582. The number of hydrogen-bond donors (Lipinski definition) is 0. The van der Waals surface area contributed by atoms with Gasteiger partial charge in [-0.2, -0.15) is 8.78 Å². The summed E-state index contributed by atoms with van der Waals surface area (Å²) >= 11 is 8.76. The zero-order valence-electron chi connectivity index (χ0n) is 9.29. The maximum Gasteiger partial charge on any atom is 0.207 e. The summed E-state index contributed by atoms with van der Waals surface area (Å²) < 4.78 is 70.9. The molecule has 0 unspecified atom stereocenters. The van der Waals surface area contributed by atoms with Gasteiger partial charge in [-0.15, -0.1) is 0 Å². The molecule has 2 rings (SSSR count). The summed E-state index contributed by atoms with van der Waals surface area (Å²) in [5.74, 6) is -12.3. The fourth-order valence-electron chi connectivity index (χ4n) is 1.34. The molecule has 0 atom stereocenters. The van der Waals surface area contributed by atoms with Crippen LogP contribution in [-0.2, 0) is 0 Å². The van der Waals surface area contributed by atoms with E-state index in [1.165, 1.54) is 18.2 Å². The van der Waals surface area contributed by atoms with E-state index in [0.29, 0.717) is 4.47 Å². The van der Waals surface area contributed by atoms with E-state index in [0.717, 1.165) is 0 Å². The third-order valence-electron chi connectivity index (χ3n) is 2.27. The molecular formula is C12H3BrClF5O. The van der Waals surface area contributed by atoms with E-state index in [2.05, 4.69) is 15.9 Å². The van der Waals surface area contributed by atoms with Crippen LogP contribution in [0.2, 0.25) is 5.02 Å². The Morgan fingerprint density at radius 2 is 1.35 bits per heavy atom. The molecule has 0 saturated heterocycles. The maximum atomic E-state index is 13.4. The van der Waals surface area contributed by atoms with Gasteiger partial charge in [-0.3, -0.25) is 0 Å². The highest BCUT2D eigenvalue weighted by molar-refractivity contribution is 9.10. The van der Waals surface area contributed by atoms with Crippen LogP contribution in [-0.4, -0.2) is 0 Å². The number of rotatable bonds is 2. The molecule has 0 aliphatic rings. The standard InChI is InChI=1S/C12H3BrClF5O/c13-4-1-2-5(14)6(3-4)20-12-10(18)8(16)7(15)9(17)11(12)19/h1-3H. The summed E-state index contributed by atoms with van der Waals surface area (Å²) in [5, 5.41) is -0.0582. The first-order valence-corrected chi connectivity index (χ1v) is 6.14. The largest absolute Gasteiger partial charge is 0.449 e. The van der Waals surface area contributed by atoms with Crippen molar-refractivity contribution in [3.63, 3.8) is 0 Å². The van der Waals surface area contributed by atoms with Crippen LogP contribution >= 0.6 is 27.5 Å². The SMILES string of the molecule is Fc1c(F)c(F)c(Oc2cc(Br)ccc2Cl)c(F)c1F. The topological polar surface area (TPSA) is 9.23 Å². The molecule has 0 aliphatic heterocycles. The van der Waals surface area contributed by atoms with E-state index in [9.17, 15) is 22.0 Å². The van der Waals surface area contributed by atoms with Crippen molar-refractivity contribution in [3.8, 4) is 11.5 Å². The predicted octanol–water partition coefficient (Wildman–Crippen LogP) is 5.59. The van der Waals surface area contributed by atoms with Gasteiger partial charge in [0, 0.05) is 4.47 Å². The Labute approximate surface area is 123 Å². The molecule has 0 amide bonds. The van der Waals surface area contributed by atoms with Crippen LogP contribution in [0.4, 0.5) is 22.0 Å². The molecule has 2 aromatic carbocycles. The smallest absolute Gasteiger partial charge is 0.207 e. The second-order valence-electron chi connectivity index (χ2n) is 3.58. The van der Waals surface area contributed by atoms with Crippen LogP contribution in [0.25, 0.3) is 0 Å². The fourth-order valence-corrected chi connectivity index (χ4v) is 1.84. The van der Waals surface area contributed by atoms with Crippen molar-refractivity contribution >= 4 is 27.5 Å². The lowest BCUT2D eigenvalue weighted by molar-refractivity contribution is 0.332. The summed E-state index contributed by atoms with van der Waals surface area (Å²) in [6.45, 7) is 0. The first-order valence-electron chi connectivity index (χ1n) is 4.97. The van der Waals surface area contributed by atoms with Gasteiger partial charge in [0.2, 0.25) is 34.8 Å². The van der Waals surface area contributed by atoms with Crippen molar-refractivity contribution in [1.29, 1.82) is 0 Å². The quantitative estimate of drug-likeness (QED) is 0.379. The fraction of sp³-hybridized carbons (Fsp3) is 0. The molecule has 0 heterocycles. The summed E-state index contributed by atoms with van der Waals surface area (Å²) in [6.07, 6.45) is 0. The molecule has 0 bridgehead atoms. The van der Waals surface area contributed by atoms with Gasteiger partial charge < -0.3 is 4.74 Å². The third kappa shape index (κ3) is 2.60. The van der Waals surface area contributed by atoms with Crippen LogP contribution in [0.1, 0.15) is 0 Å². The first kappa shape index (κ1) is 15.1. The molecule has 0 spiro atoms. The molecule has 0 saturated carbocycles. The summed E-state index contributed by atoms with van der Waals surface area (Å²) in [6, 6.07) is 4.06. The van der Waals surface area contributed by atoms with Crippen LogP contribution in [0.3, 0.4) is 0 Å². The zero-order valence-corrected chi connectivity index (χ0v) is 11.6. The second kappa shape index (κ2) is 5.57. The maximum absolute atomic E-state index is 13.4. The zero-order chi connectivity index (χ0) is 15.0. The Hall–Kier alpha value is -1.34. The molecular weight excluding hydrogens is 370 g/mol. The van der Waals surface area contributed by atoms with Crippen molar-refractivity contribution in [1.82, 2.24) is 0 Å². The number of benzene rings is 2. The Bertz CT molecular complexity index is 663. The van der Waals surface area contributed by atoms with Gasteiger partial charge >= 0.3 is 0 Å². The normalized spacial score (nSPS) is 10.8. The lowest BCUT2D eigenvalue weighted by atomic mass is 10.2. The second-order valence-corrected chi connectivity index (χ2v) is 4.90. The van der Waals surface area contributed by atoms with Crippen molar-refractivity contribution in [2.24, 2.45) is 0 Å². The third-order valence-corrected chi connectivity index (χ3v) is 3.08. The van der Waals surface area contributed by atoms with Crippen LogP contribution in [0, 0.1) is 29.1 Å². The number of halogens is 7. The van der Waals surface area contributed by atoms with E-state index in [1.54, 1.807) is 0 Å². The predicted molar refractivity (Wildman–Crippen MR) is 65.5 cm³/mol. The Kier molecular flexibility index (Phi) is 4.19. The van der Waals surface area contributed by atoms with Crippen molar-refractivity contribution in [2.75, 3.05) is 0 Å². The average molecular weight is 374 g/mol. The first-order chi connectivity index (χ1) is 9.32. The monoisotopic (exact) mass is 372 g/mol. The van der Waals surface area contributed by atoms with Crippen LogP contribution < -0.4 is 4.74 Å². The van der Waals surface area contributed by atoms with E-state index in [-0.39, 0.29) is 10.8 Å². The molecule has 8 heteroatoms. The lowest BCUT2D eigenvalue weighted by Crippen LogP contribution is -2.04. The van der Waals surface area contributed by atoms with Crippen molar-refractivity contribution < 1.29 is 26.7 Å². The minimum atomic E-state index is -2.26. The molecule has 1 nitrogen and oxygen atoms in total. The number of hydrogen-bond acceptors (Lipinski definition) is 1. The van der Waals surface area contributed by atoms with Crippen LogP contribution in [0.5, 0.6) is 11.5 Å². The van der Waals surface area contributed by atoms with Gasteiger partial charge in [-0.1, -0.05) is 27.5 Å². The van der Waals surface area contributed by atoms with E-state index < -0.39 is 34.8 Å². The summed E-state index contributed by atoms with van der Waals surface area (Å²) in [4.78, 5) is 0. The minimum Gasteiger partial charge on any atom is -0.449 e. The Morgan fingerprint density at radius 3 is 1.90 bits per heavy atom. The van der Waals surface area contributed by atoms with Gasteiger partial charge in [0.15, 0.2) is 0 Å². The summed E-state index contributed by atoms with van der Waals surface area (Å²) in [5.41, 5.74) is 0. The van der Waals surface area contributed by atoms with Crippen molar-refractivity contribution in [2.45, 2.75) is 0 Å². The molecule has 0 aliphatic carbocycles.